The van der Waals surface area contributed by atoms with Gasteiger partial charge in [0, 0.05) is 31.5 Å². The highest BCUT2D eigenvalue weighted by molar-refractivity contribution is 7.89. The minimum Gasteiger partial charge on any atom is -0.490 e. The van der Waals surface area contributed by atoms with Gasteiger partial charge in [-0.15, -0.1) is 0 Å². The average Bonchev–Trinajstić information content (AvgIpc) is 2.96. The SMILES string of the molecule is O=C(CCNS(=O)(=O)c1ccc2c(c1)OCCCO2)NC1CCCC1. The van der Waals surface area contributed by atoms with Crippen molar-refractivity contribution in [3.8, 4) is 11.5 Å². The molecule has 3 rings (SSSR count). The first-order valence-corrected chi connectivity index (χ1v) is 10.2. The molecule has 0 aromatic heterocycles. The van der Waals surface area contributed by atoms with Gasteiger partial charge in [0.1, 0.15) is 0 Å². The summed E-state index contributed by atoms with van der Waals surface area (Å²) >= 11 is 0. The van der Waals surface area contributed by atoms with E-state index in [1.165, 1.54) is 12.1 Å². The zero-order valence-electron chi connectivity index (χ0n) is 14.1. The number of rotatable bonds is 6. The summed E-state index contributed by atoms with van der Waals surface area (Å²) < 4.78 is 38.3. The maximum Gasteiger partial charge on any atom is 0.240 e. The fraction of sp³-hybridized carbons (Fsp3) is 0.588. The molecule has 1 fully saturated rings. The van der Waals surface area contributed by atoms with Crippen LogP contribution in [0.4, 0.5) is 0 Å². The van der Waals surface area contributed by atoms with Crippen molar-refractivity contribution < 1.29 is 22.7 Å². The Hall–Kier alpha value is -1.80. The van der Waals surface area contributed by atoms with E-state index in [0.717, 1.165) is 32.1 Å². The van der Waals surface area contributed by atoms with Crippen LogP contribution in [0.5, 0.6) is 11.5 Å². The number of hydrogen-bond donors (Lipinski definition) is 2. The molecule has 7 nitrogen and oxygen atoms in total. The molecule has 0 bridgehead atoms. The van der Waals surface area contributed by atoms with Crippen molar-refractivity contribution in [2.45, 2.75) is 49.5 Å². The standard InChI is InChI=1S/C17H24N2O5S/c20-17(19-13-4-1-2-5-13)8-9-18-25(21,22)14-6-7-15-16(12-14)24-11-3-10-23-15/h6-7,12-13,18H,1-5,8-11H2,(H,19,20). The first-order chi connectivity index (χ1) is 12.0. The summed E-state index contributed by atoms with van der Waals surface area (Å²) in [4.78, 5) is 12.0. The molecule has 1 aliphatic carbocycles. The monoisotopic (exact) mass is 368 g/mol. The van der Waals surface area contributed by atoms with Gasteiger partial charge in [0.2, 0.25) is 15.9 Å². The van der Waals surface area contributed by atoms with Crippen molar-refractivity contribution in [3.05, 3.63) is 18.2 Å². The molecule has 1 heterocycles. The lowest BCUT2D eigenvalue weighted by Gasteiger charge is -2.13. The van der Waals surface area contributed by atoms with Crippen LogP contribution < -0.4 is 19.5 Å². The van der Waals surface area contributed by atoms with E-state index >= 15 is 0 Å². The lowest BCUT2D eigenvalue weighted by Crippen LogP contribution is -2.35. The van der Waals surface area contributed by atoms with E-state index in [0.29, 0.717) is 24.7 Å². The van der Waals surface area contributed by atoms with E-state index < -0.39 is 10.0 Å². The zero-order valence-corrected chi connectivity index (χ0v) is 14.9. The van der Waals surface area contributed by atoms with E-state index in [2.05, 4.69) is 10.0 Å². The van der Waals surface area contributed by atoms with Gasteiger partial charge in [-0.2, -0.15) is 0 Å². The number of sulfonamides is 1. The second kappa shape index (κ2) is 8.05. The van der Waals surface area contributed by atoms with Crippen LogP contribution in [0.3, 0.4) is 0 Å². The fourth-order valence-electron chi connectivity index (χ4n) is 3.06. The Balaban J connectivity index is 1.54. The molecule has 0 unspecified atom stereocenters. The Morgan fingerprint density at radius 2 is 1.80 bits per heavy atom. The Kier molecular flexibility index (Phi) is 5.80. The van der Waals surface area contributed by atoms with Gasteiger partial charge >= 0.3 is 0 Å². The van der Waals surface area contributed by atoms with Crippen LogP contribution in [-0.2, 0) is 14.8 Å². The van der Waals surface area contributed by atoms with Gasteiger partial charge in [-0.1, -0.05) is 12.8 Å². The van der Waals surface area contributed by atoms with Gasteiger partial charge in [0.05, 0.1) is 18.1 Å². The molecule has 1 aliphatic heterocycles. The highest BCUT2D eigenvalue weighted by atomic mass is 32.2. The van der Waals surface area contributed by atoms with Crippen molar-refractivity contribution >= 4 is 15.9 Å². The molecule has 1 aromatic rings. The molecular weight excluding hydrogens is 344 g/mol. The van der Waals surface area contributed by atoms with Gasteiger partial charge in [-0.3, -0.25) is 4.79 Å². The second-order valence-corrected chi connectivity index (χ2v) is 8.12. The molecule has 1 aromatic carbocycles. The summed E-state index contributed by atoms with van der Waals surface area (Å²) in [5, 5.41) is 2.94. The summed E-state index contributed by atoms with van der Waals surface area (Å²) in [7, 11) is -3.69. The van der Waals surface area contributed by atoms with Crippen molar-refractivity contribution in [2.24, 2.45) is 0 Å². The third kappa shape index (κ3) is 4.85. The number of benzene rings is 1. The molecule has 2 N–H and O–H groups in total. The first kappa shape index (κ1) is 18.0. The summed E-state index contributed by atoms with van der Waals surface area (Å²) in [6.07, 6.45) is 5.18. The Morgan fingerprint density at radius 1 is 1.08 bits per heavy atom. The van der Waals surface area contributed by atoms with E-state index in [1.54, 1.807) is 6.07 Å². The quantitative estimate of drug-likeness (QED) is 0.795. The van der Waals surface area contributed by atoms with E-state index in [-0.39, 0.29) is 29.8 Å². The Bertz CT molecular complexity index is 714. The normalized spacial score (nSPS) is 17.9. The summed E-state index contributed by atoms with van der Waals surface area (Å²) in [5.41, 5.74) is 0. The number of carbonyl (C=O) groups excluding carboxylic acids is 1. The van der Waals surface area contributed by atoms with Gasteiger partial charge in [-0.05, 0) is 25.0 Å². The van der Waals surface area contributed by atoms with Crippen LogP contribution in [0.2, 0.25) is 0 Å². The topological polar surface area (TPSA) is 93.7 Å². The number of ether oxygens (including phenoxy) is 2. The van der Waals surface area contributed by atoms with Crippen LogP contribution in [0.15, 0.2) is 23.1 Å². The summed E-state index contributed by atoms with van der Waals surface area (Å²) in [6.45, 7) is 1.11. The summed E-state index contributed by atoms with van der Waals surface area (Å²) in [6, 6.07) is 4.78. The molecule has 0 saturated heterocycles. The smallest absolute Gasteiger partial charge is 0.240 e. The zero-order chi connectivity index (χ0) is 17.7. The predicted octanol–water partition coefficient (Wildman–Crippen LogP) is 1.58. The highest BCUT2D eigenvalue weighted by Gasteiger charge is 2.20. The molecular formula is C17H24N2O5S. The third-order valence-corrected chi connectivity index (χ3v) is 5.85. The van der Waals surface area contributed by atoms with Crippen LogP contribution in [0, 0.1) is 0 Å². The lowest BCUT2D eigenvalue weighted by molar-refractivity contribution is -0.121. The highest BCUT2D eigenvalue weighted by Crippen LogP contribution is 2.31. The molecule has 25 heavy (non-hydrogen) atoms. The fourth-order valence-corrected chi connectivity index (χ4v) is 4.11. The largest absolute Gasteiger partial charge is 0.490 e. The van der Waals surface area contributed by atoms with Gasteiger partial charge in [0.25, 0.3) is 0 Å². The van der Waals surface area contributed by atoms with Crippen LogP contribution in [0.1, 0.15) is 38.5 Å². The average molecular weight is 368 g/mol. The molecule has 1 saturated carbocycles. The van der Waals surface area contributed by atoms with Crippen molar-refractivity contribution in [1.29, 1.82) is 0 Å². The number of nitrogens with one attached hydrogen (secondary N) is 2. The predicted molar refractivity (Wildman–Crippen MR) is 92.3 cm³/mol. The molecule has 0 spiro atoms. The minimum absolute atomic E-state index is 0.0648. The molecule has 138 valence electrons. The second-order valence-electron chi connectivity index (χ2n) is 6.36. The number of fused-ring (bicyclic) bond motifs is 1. The number of amides is 1. The molecule has 0 radical (unpaired) electrons. The maximum absolute atomic E-state index is 12.4. The number of carbonyl (C=O) groups is 1. The molecule has 2 aliphatic rings. The van der Waals surface area contributed by atoms with E-state index in [4.69, 9.17) is 9.47 Å². The molecule has 1 amide bonds. The van der Waals surface area contributed by atoms with Crippen LogP contribution in [-0.4, -0.2) is 40.1 Å². The van der Waals surface area contributed by atoms with Gasteiger partial charge in [0.15, 0.2) is 11.5 Å². The Morgan fingerprint density at radius 3 is 2.56 bits per heavy atom. The van der Waals surface area contributed by atoms with Crippen molar-refractivity contribution in [3.63, 3.8) is 0 Å². The minimum atomic E-state index is -3.69. The third-order valence-electron chi connectivity index (χ3n) is 4.39. The van der Waals surface area contributed by atoms with Crippen LogP contribution >= 0.6 is 0 Å². The van der Waals surface area contributed by atoms with Gasteiger partial charge < -0.3 is 14.8 Å². The molecule has 0 atom stereocenters. The van der Waals surface area contributed by atoms with E-state index in [9.17, 15) is 13.2 Å². The van der Waals surface area contributed by atoms with Crippen molar-refractivity contribution in [1.82, 2.24) is 10.0 Å². The molecule has 8 heteroatoms. The lowest BCUT2D eigenvalue weighted by atomic mass is 10.2. The first-order valence-electron chi connectivity index (χ1n) is 8.73. The Labute approximate surface area is 148 Å². The summed E-state index contributed by atoms with van der Waals surface area (Å²) in [5.74, 6) is 0.861. The maximum atomic E-state index is 12.4. The van der Waals surface area contributed by atoms with E-state index in [1.807, 2.05) is 0 Å². The van der Waals surface area contributed by atoms with Crippen molar-refractivity contribution in [2.75, 3.05) is 19.8 Å². The van der Waals surface area contributed by atoms with Gasteiger partial charge in [-0.25, -0.2) is 13.1 Å². The van der Waals surface area contributed by atoms with Crippen LogP contribution in [0.25, 0.3) is 0 Å². The number of hydrogen-bond acceptors (Lipinski definition) is 5.